The lowest BCUT2D eigenvalue weighted by molar-refractivity contribution is 0.0577. The smallest absolute Gasteiger partial charge is 0.319 e. The van der Waals surface area contributed by atoms with Crippen LogP contribution in [0, 0.1) is 0 Å². The van der Waals surface area contributed by atoms with E-state index in [0.29, 0.717) is 29.4 Å². The second kappa shape index (κ2) is 6.21. The van der Waals surface area contributed by atoms with Gasteiger partial charge in [0.1, 0.15) is 5.76 Å². The van der Waals surface area contributed by atoms with E-state index in [1.165, 1.54) is 0 Å². The molecule has 122 valence electrons. The number of anilines is 1. The minimum Gasteiger partial charge on any atom is -0.469 e. The number of ether oxygens (including phenoxy) is 2. The van der Waals surface area contributed by atoms with Crippen LogP contribution in [0.25, 0.3) is 0 Å². The van der Waals surface area contributed by atoms with Gasteiger partial charge in [-0.15, -0.1) is 0 Å². The maximum absolute atomic E-state index is 11.9. The van der Waals surface area contributed by atoms with Crippen molar-refractivity contribution in [2.45, 2.75) is 18.9 Å². The molecule has 2 aromatic rings. The fourth-order valence-corrected chi connectivity index (χ4v) is 2.27. The summed E-state index contributed by atoms with van der Waals surface area (Å²) in [6.07, 6.45) is 1.86. The van der Waals surface area contributed by atoms with E-state index in [1.54, 1.807) is 43.5 Å². The Kier molecular flexibility index (Phi) is 4.12. The molecule has 1 aliphatic heterocycles. The zero-order valence-corrected chi connectivity index (χ0v) is 12.7. The van der Waals surface area contributed by atoms with Gasteiger partial charge in [-0.3, -0.25) is 0 Å². The molecule has 3 rings (SSSR count). The van der Waals surface area contributed by atoms with Gasteiger partial charge in [0.05, 0.1) is 11.9 Å². The summed E-state index contributed by atoms with van der Waals surface area (Å²) >= 11 is 0. The third kappa shape index (κ3) is 3.95. The van der Waals surface area contributed by atoms with Gasteiger partial charge in [-0.1, -0.05) is 0 Å². The van der Waals surface area contributed by atoms with Crippen LogP contribution >= 0.6 is 0 Å². The quantitative estimate of drug-likeness (QED) is 0.785. The van der Waals surface area contributed by atoms with Crippen molar-refractivity contribution in [3.63, 3.8) is 0 Å². The molecule has 1 atom stereocenters. The molecule has 0 aliphatic carbocycles. The highest BCUT2D eigenvalue weighted by Gasteiger charge is 2.23. The number of hydrogen-bond donors (Lipinski definition) is 3. The van der Waals surface area contributed by atoms with Crippen LogP contribution in [0.2, 0.25) is 0 Å². The van der Waals surface area contributed by atoms with E-state index in [0.717, 1.165) is 0 Å². The lowest BCUT2D eigenvalue weighted by Gasteiger charge is -2.22. The topological polar surface area (TPSA) is 93.0 Å². The minimum absolute atomic E-state index is 0.0874. The Morgan fingerprint density at radius 1 is 1.30 bits per heavy atom. The monoisotopic (exact) mass is 318 g/mol. The molecule has 3 N–H and O–H groups in total. The molecule has 0 radical (unpaired) electrons. The van der Waals surface area contributed by atoms with Crippen molar-refractivity contribution in [1.29, 1.82) is 0 Å². The van der Waals surface area contributed by atoms with Gasteiger partial charge in [-0.25, -0.2) is 4.79 Å². The first-order chi connectivity index (χ1) is 11.0. The predicted molar refractivity (Wildman–Crippen MR) is 82.6 cm³/mol. The highest BCUT2D eigenvalue weighted by molar-refractivity contribution is 5.89. The van der Waals surface area contributed by atoms with Gasteiger partial charge in [0.15, 0.2) is 11.5 Å². The summed E-state index contributed by atoms with van der Waals surface area (Å²) in [5.74, 6) is 1.90. The van der Waals surface area contributed by atoms with Crippen molar-refractivity contribution in [1.82, 2.24) is 5.32 Å². The molecule has 0 spiro atoms. The average molecular weight is 318 g/mol. The van der Waals surface area contributed by atoms with E-state index in [4.69, 9.17) is 13.9 Å². The van der Waals surface area contributed by atoms with Crippen LogP contribution in [0.5, 0.6) is 11.5 Å². The molecule has 7 nitrogen and oxygen atoms in total. The largest absolute Gasteiger partial charge is 0.469 e. The van der Waals surface area contributed by atoms with Crippen molar-refractivity contribution in [2.75, 3.05) is 18.7 Å². The number of amides is 2. The molecule has 2 heterocycles. The molecule has 0 bridgehead atoms. The number of urea groups is 1. The first-order valence-electron chi connectivity index (χ1n) is 7.21. The number of furan rings is 1. The van der Waals surface area contributed by atoms with Gasteiger partial charge in [-0.2, -0.15) is 0 Å². The molecule has 7 heteroatoms. The molecule has 2 amide bonds. The number of carbonyl (C=O) groups is 1. The summed E-state index contributed by atoms with van der Waals surface area (Å²) in [6, 6.07) is 8.25. The summed E-state index contributed by atoms with van der Waals surface area (Å²) in [7, 11) is 0. The van der Waals surface area contributed by atoms with Crippen molar-refractivity contribution < 1.29 is 23.8 Å². The molecule has 1 aromatic carbocycles. The molecule has 0 fully saturated rings. The Bertz CT molecular complexity index is 682. The lowest BCUT2D eigenvalue weighted by atomic mass is 10.0. The van der Waals surface area contributed by atoms with Gasteiger partial charge in [0, 0.05) is 24.7 Å². The second-order valence-electron chi connectivity index (χ2n) is 5.63. The molecule has 0 saturated carbocycles. The number of nitrogens with one attached hydrogen (secondary N) is 2. The van der Waals surface area contributed by atoms with Crippen molar-refractivity contribution in [3.8, 4) is 11.5 Å². The Morgan fingerprint density at radius 2 is 2.13 bits per heavy atom. The van der Waals surface area contributed by atoms with Crippen LogP contribution in [0.4, 0.5) is 10.5 Å². The fraction of sp³-hybridized carbons (Fsp3) is 0.312. The SMILES string of the molecule is C[C@@](O)(CNC(=O)Nc1ccc2c(c1)OCO2)Cc1ccco1. The standard InChI is InChI=1S/C16H18N2O5/c1-16(20,8-12-3-2-6-21-12)9-17-15(19)18-11-4-5-13-14(7-11)23-10-22-13/h2-7,20H,8-10H2,1H3,(H2,17,18,19)/t16-/m0/s1. The van der Waals surface area contributed by atoms with E-state index in [2.05, 4.69) is 10.6 Å². The molecule has 0 unspecified atom stereocenters. The number of rotatable bonds is 5. The third-order valence-corrected chi connectivity index (χ3v) is 3.40. The van der Waals surface area contributed by atoms with Crippen LogP contribution in [0.15, 0.2) is 41.0 Å². The predicted octanol–water partition coefficient (Wildman–Crippen LogP) is 2.12. The van der Waals surface area contributed by atoms with Gasteiger partial charge in [-0.05, 0) is 31.2 Å². The molecule has 0 saturated heterocycles. The zero-order valence-electron chi connectivity index (χ0n) is 12.7. The van der Waals surface area contributed by atoms with E-state index >= 15 is 0 Å². The Labute approximate surface area is 133 Å². The van der Waals surface area contributed by atoms with E-state index in [-0.39, 0.29) is 13.3 Å². The maximum Gasteiger partial charge on any atom is 0.319 e. The molecule has 23 heavy (non-hydrogen) atoms. The highest BCUT2D eigenvalue weighted by atomic mass is 16.7. The fourth-order valence-electron chi connectivity index (χ4n) is 2.27. The van der Waals surface area contributed by atoms with Crippen molar-refractivity contribution >= 4 is 11.7 Å². The zero-order chi connectivity index (χ0) is 16.3. The number of carbonyl (C=O) groups excluding carboxylic acids is 1. The Hall–Kier alpha value is -2.67. The van der Waals surface area contributed by atoms with Crippen LogP contribution in [0.1, 0.15) is 12.7 Å². The van der Waals surface area contributed by atoms with E-state index in [1.807, 2.05) is 0 Å². The highest BCUT2D eigenvalue weighted by Crippen LogP contribution is 2.34. The molecule has 1 aliphatic rings. The number of hydrogen-bond acceptors (Lipinski definition) is 5. The summed E-state index contributed by atoms with van der Waals surface area (Å²) < 4.78 is 15.7. The number of fused-ring (bicyclic) bond motifs is 1. The van der Waals surface area contributed by atoms with Crippen LogP contribution < -0.4 is 20.1 Å². The van der Waals surface area contributed by atoms with Crippen molar-refractivity contribution in [2.24, 2.45) is 0 Å². The third-order valence-electron chi connectivity index (χ3n) is 3.40. The summed E-state index contributed by atoms with van der Waals surface area (Å²) in [5.41, 5.74) is -0.526. The van der Waals surface area contributed by atoms with Gasteiger partial charge in [0.25, 0.3) is 0 Å². The average Bonchev–Trinajstić information content (AvgIpc) is 3.15. The molecular weight excluding hydrogens is 300 g/mol. The number of aliphatic hydroxyl groups is 1. The lowest BCUT2D eigenvalue weighted by Crippen LogP contribution is -2.43. The second-order valence-corrected chi connectivity index (χ2v) is 5.63. The normalized spacial score (nSPS) is 15.0. The van der Waals surface area contributed by atoms with Crippen molar-refractivity contribution in [3.05, 3.63) is 42.4 Å². The van der Waals surface area contributed by atoms with E-state index < -0.39 is 11.6 Å². The Morgan fingerprint density at radius 3 is 2.91 bits per heavy atom. The molecular formula is C16H18N2O5. The first-order valence-corrected chi connectivity index (χ1v) is 7.21. The van der Waals surface area contributed by atoms with E-state index in [9.17, 15) is 9.90 Å². The number of benzene rings is 1. The van der Waals surface area contributed by atoms with Gasteiger partial charge in [0.2, 0.25) is 6.79 Å². The molecule has 1 aromatic heterocycles. The summed E-state index contributed by atoms with van der Waals surface area (Å²) in [4.78, 5) is 11.9. The van der Waals surface area contributed by atoms with Crippen LogP contribution in [-0.2, 0) is 6.42 Å². The van der Waals surface area contributed by atoms with Crippen LogP contribution in [-0.4, -0.2) is 30.1 Å². The van der Waals surface area contributed by atoms with Gasteiger partial charge < -0.3 is 29.6 Å². The Balaban J connectivity index is 1.51. The maximum atomic E-state index is 11.9. The van der Waals surface area contributed by atoms with Gasteiger partial charge >= 0.3 is 6.03 Å². The summed E-state index contributed by atoms with van der Waals surface area (Å²) in [6.45, 7) is 1.90. The minimum atomic E-state index is -1.11. The van der Waals surface area contributed by atoms with Crippen LogP contribution in [0.3, 0.4) is 0 Å². The summed E-state index contributed by atoms with van der Waals surface area (Å²) in [5, 5.41) is 15.6. The first kappa shape index (κ1) is 15.2.